The Labute approximate surface area is 143 Å². The highest BCUT2D eigenvalue weighted by Crippen LogP contribution is 2.31. The lowest BCUT2D eigenvalue weighted by molar-refractivity contribution is 0.102. The van der Waals surface area contributed by atoms with Gasteiger partial charge in [0.25, 0.3) is 5.91 Å². The fraction of sp³-hybridized carbons (Fsp3) is 0.176. The minimum absolute atomic E-state index is 0.168. The summed E-state index contributed by atoms with van der Waals surface area (Å²) in [4.78, 5) is 18.8. The molecule has 1 aromatic heterocycles. The molecule has 0 saturated heterocycles. The number of carbonyl (C=O) groups is 1. The maximum absolute atomic E-state index is 12.3. The van der Waals surface area contributed by atoms with Crippen molar-refractivity contribution in [2.75, 3.05) is 24.3 Å². The van der Waals surface area contributed by atoms with Crippen LogP contribution in [0.2, 0.25) is 5.02 Å². The summed E-state index contributed by atoms with van der Waals surface area (Å²) < 4.78 is 1.00. The fourth-order valence-corrected chi connectivity index (χ4v) is 3.31. The van der Waals surface area contributed by atoms with Crippen LogP contribution >= 0.6 is 22.9 Å². The molecule has 0 spiro atoms. The number of aryl methyl sites for hydroxylation is 1. The number of thiazole rings is 1. The molecule has 3 rings (SSSR count). The predicted molar refractivity (Wildman–Crippen MR) is 98.1 cm³/mol. The number of carbonyl (C=O) groups excluding carboxylic acids is 1. The van der Waals surface area contributed by atoms with E-state index in [4.69, 9.17) is 11.6 Å². The molecule has 6 heteroatoms. The molecule has 0 radical (unpaired) electrons. The molecule has 0 aliphatic carbocycles. The van der Waals surface area contributed by atoms with E-state index in [0.717, 1.165) is 21.5 Å². The van der Waals surface area contributed by atoms with E-state index in [1.165, 1.54) is 11.3 Å². The van der Waals surface area contributed by atoms with Crippen molar-refractivity contribution in [1.82, 2.24) is 4.98 Å². The van der Waals surface area contributed by atoms with Crippen molar-refractivity contribution in [2.45, 2.75) is 6.92 Å². The van der Waals surface area contributed by atoms with Crippen molar-refractivity contribution in [1.29, 1.82) is 0 Å². The maximum atomic E-state index is 12.3. The normalized spacial score (nSPS) is 10.8. The first-order valence-electron chi connectivity index (χ1n) is 7.10. The van der Waals surface area contributed by atoms with Crippen LogP contribution in [0.15, 0.2) is 36.4 Å². The molecular formula is C17H16ClN3OS. The topological polar surface area (TPSA) is 45.2 Å². The Bertz CT molecular complexity index is 871. The second-order valence-electron chi connectivity index (χ2n) is 5.43. The monoisotopic (exact) mass is 345 g/mol. The van der Waals surface area contributed by atoms with Crippen LogP contribution in [0.25, 0.3) is 10.2 Å². The molecule has 0 fully saturated rings. The quantitative estimate of drug-likeness (QED) is 0.755. The van der Waals surface area contributed by atoms with Crippen LogP contribution in [0.5, 0.6) is 0 Å². The van der Waals surface area contributed by atoms with Gasteiger partial charge in [-0.25, -0.2) is 4.98 Å². The van der Waals surface area contributed by atoms with E-state index in [2.05, 4.69) is 10.3 Å². The summed E-state index contributed by atoms with van der Waals surface area (Å²) in [5.74, 6) is -0.168. The number of halogens is 1. The maximum Gasteiger partial charge on any atom is 0.257 e. The van der Waals surface area contributed by atoms with Gasteiger partial charge in [-0.05, 0) is 48.9 Å². The zero-order valence-electron chi connectivity index (χ0n) is 13.1. The first-order chi connectivity index (χ1) is 11.0. The Kier molecular flexibility index (Phi) is 4.24. The number of hydrogen-bond acceptors (Lipinski definition) is 4. The number of rotatable bonds is 3. The van der Waals surface area contributed by atoms with Gasteiger partial charge in [-0.15, -0.1) is 0 Å². The van der Waals surface area contributed by atoms with Gasteiger partial charge in [-0.2, -0.15) is 0 Å². The number of aromatic nitrogens is 1. The van der Waals surface area contributed by atoms with Crippen LogP contribution in [-0.4, -0.2) is 25.0 Å². The molecule has 118 valence electrons. The summed E-state index contributed by atoms with van der Waals surface area (Å²) in [6.45, 7) is 1.93. The predicted octanol–water partition coefficient (Wildman–Crippen LogP) is 4.58. The van der Waals surface area contributed by atoms with E-state index < -0.39 is 0 Å². The number of benzene rings is 2. The van der Waals surface area contributed by atoms with Crippen LogP contribution in [0.3, 0.4) is 0 Å². The third kappa shape index (κ3) is 3.16. The summed E-state index contributed by atoms with van der Waals surface area (Å²) in [7, 11) is 3.92. The zero-order chi connectivity index (χ0) is 16.6. The molecule has 2 aromatic carbocycles. The lowest BCUT2D eigenvalue weighted by atomic mass is 10.2. The largest absolute Gasteiger partial charge is 0.378 e. The van der Waals surface area contributed by atoms with E-state index >= 15 is 0 Å². The number of amides is 1. The minimum Gasteiger partial charge on any atom is -0.378 e. The van der Waals surface area contributed by atoms with Gasteiger partial charge in [0, 0.05) is 30.4 Å². The fourth-order valence-electron chi connectivity index (χ4n) is 2.23. The Morgan fingerprint density at radius 1 is 1.17 bits per heavy atom. The molecule has 0 unspecified atom stereocenters. The lowest BCUT2D eigenvalue weighted by Gasteiger charge is -2.12. The van der Waals surface area contributed by atoms with E-state index in [-0.39, 0.29) is 5.91 Å². The lowest BCUT2D eigenvalue weighted by Crippen LogP contribution is -2.13. The van der Waals surface area contributed by atoms with E-state index in [9.17, 15) is 4.79 Å². The molecule has 0 aliphatic heterocycles. The average Bonchev–Trinajstić information content (AvgIpc) is 2.94. The number of hydrogen-bond donors (Lipinski definition) is 1. The smallest absolute Gasteiger partial charge is 0.257 e. The molecule has 0 bridgehead atoms. The number of anilines is 2. The molecule has 1 N–H and O–H groups in total. The molecule has 4 nitrogen and oxygen atoms in total. The van der Waals surface area contributed by atoms with Gasteiger partial charge in [-0.1, -0.05) is 22.9 Å². The van der Waals surface area contributed by atoms with Gasteiger partial charge in [0.15, 0.2) is 5.13 Å². The number of nitrogens with one attached hydrogen (secondary N) is 1. The van der Waals surface area contributed by atoms with E-state index in [1.807, 2.05) is 50.2 Å². The highest BCUT2D eigenvalue weighted by Gasteiger charge is 2.12. The highest BCUT2D eigenvalue weighted by molar-refractivity contribution is 7.22. The second-order valence-corrected chi connectivity index (χ2v) is 6.87. The van der Waals surface area contributed by atoms with E-state index in [0.29, 0.717) is 15.7 Å². The van der Waals surface area contributed by atoms with Crippen LogP contribution in [0.1, 0.15) is 15.9 Å². The summed E-state index contributed by atoms with van der Waals surface area (Å²) >= 11 is 7.55. The van der Waals surface area contributed by atoms with E-state index in [1.54, 1.807) is 12.1 Å². The Morgan fingerprint density at radius 3 is 2.52 bits per heavy atom. The zero-order valence-corrected chi connectivity index (χ0v) is 14.6. The van der Waals surface area contributed by atoms with Crippen molar-refractivity contribution < 1.29 is 4.79 Å². The van der Waals surface area contributed by atoms with Crippen LogP contribution in [-0.2, 0) is 0 Å². The molecule has 0 aliphatic rings. The summed E-state index contributed by atoms with van der Waals surface area (Å²) in [5.41, 5.74) is 3.41. The first-order valence-corrected chi connectivity index (χ1v) is 8.29. The van der Waals surface area contributed by atoms with Crippen LogP contribution in [0.4, 0.5) is 10.8 Å². The highest BCUT2D eigenvalue weighted by atomic mass is 35.5. The molecule has 0 atom stereocenters. The molecule has 1 heterocycles. The summed E-state index contributed by atoms with van der Waals surface area (Å²) in [6, 6.07) is 11.2. The summed E-state index contributed by atoms with van der Waals surface area (Å²) in [6.07, 6.45) is 0. The number of nitrogens with zero attached hydrogens (tertiary/aromatic N) is 2. The molecule has 23 heavy (non-hydrogen) atoms. The molecule has 0 saturated carbocycles. The van der Waals surface area contributed by atoms with Crippen molar-refractivity contribution >= 4 is 49.9 Å². The number of fused-ring (bicyclic) bond motifs is 1. The third-order valence-electron chi connectivity index (χ3n) is 3.61. The van der Waals surface area contributed by atoms with Gasteiger partial charge in [-0.3, -0.25) is 10.1 Å². The summed E-state index contributed by atoms with van der Waals surface area (Å²) in [5, 5.41) is 4.11. The van der Waals surface area contributed by atoms with Crippen LogP contribution in [0, 0.1) is 6.92 Å². The Morgan fingerprint density at radius 2 is 1.87 bits per heavy atom. The van der Waals surface area contributed by atoms with Gasteiger partial charge in [0.1, 0.15) is 0 Å². The Balaban J connectivity index is 1.84. The SMILES string of the molecule is Cc1c(Cl)ccc2sc(NC(=O)c3ccc(N(C)C)cc3)nc12. The van der Waals surface area contributed by atoms with Crippen molar-refractivity contribution in [3.63, 3.8) is 0 Å². The average molecular weight is 346 g/mol. The standard InChI is InChI=1S/C17H16ClN3OS/c1-10-13(18)8-9-14-15(10)19-17(23-14)20-16(22)11-4-6-12(7-5-11)21(2)3/h4-9H,1-3H3,(H,19,20,22). The van der Waals surface area contributed by atoms with Gasteiger partial charge in [0.05, 0.1) is 10.2 Å². The van der Waals surface area contributed by atoms with Gasteiger partial charge in [0.2, 0.25) is 0 Å². The minimum atomic E-state index is -0.168. The van der Waals surface area contributed by atoms with Crippen LogP contribution < -0.4 is 10.2 Å². The Hall–Kier alpha value is -2.11. The molecular weight excluding hydrogens is 330 g/mol. The third-order valence-corrected chi connectivity index (χ3v) is 4.96. The molecule has 3 aromatic rings. The van der Waals surface area contributed by atoms with Crippen molar-refractivity contribution in [2.24, 2.45) is 0 Å². The first kappa shape index (κ1) is 15.8. The second kappa shape index (κ2) is 6.18. The van der Waals surface area contributed by atoms with Gasteiger partial charge < -0.3 is 4.90 Å². The van der Waals surface area contributed by atoms with Gasteiger partial charge >= 0.3 is 0 Å². The molecule has 1 amide bonds. The van der Waals surface area contributed by atoms with Crippen molar-refractivity contribution in [3.05, 3.63) is 52.5 Å². The van der Waals surface area contributed by atoms with Crippen molar-refractivity contribution in [3.8, 4) is 0 Å².